The third-order valence-corrected chi connectivity index (χ3v) is 3.90. The molecule has 1 amide bonds. The van der Waals surface area contributed by atoms with Crippen molar-refractivity contribution in [2.75, 3.05) is 24.3 Å². The maximum atomic E-state index is 12.2. The molecule has 130 valence electrons. The largest absolute Gasteiger partial charge is 0.377 e. The van der Waals surface area contributed by atoms with E-state index in [9.17, 15) is 9.59 Å². The molecule has 2 N–H and O–H groups in total. The van der Waals surface area contributed by atoms with Gasteiger partial charge in [0.2, 0.25) is 5.91 Å². The SMILES string of the molecule is CC(=N)C(C=O)C(=O)Nc1ccc(N(C)C)c(-c2ncccc2C)c1. The Bertz CT molecular complexity index is 815. The van der Waals surface area contributed by atoms with Gasteiger partial charge in [0, 0.05) is 42.9 Å². The topological polar surface area (TPSA) is 86.1 Å². The van der Waals surface area contributed by atoms with Crippen LogP contribution >= 0.6 is 0 Å². The van der Waals surface area contributed by atoms with Crippen LogP contribution in [0.2, 0.25) is 0 Å². The average molecular weight is 338 g/mol. The molecule has 6 heteroatoms. The van der Waals surface area contributed by atoms with Crippen molar-refractivity contribution < 1.29 is 9.59 Å². The first kappa shape index (κ1) is 18.3. The molecule has 0 spiro atoms. The first-order chi connectivity index (χ1) is 11.8. The van der Waals surface area contributed by atoms with Gasteiger partial charge in [-0.25, -0.2) is 0 Å². The molecular formula is C19H22N4O2. The highest BCUT2D eigenvalue weighted by molar-refractivity contribution is 6.17. The summed E-state index contributed by atoms with van der Waals surface area (Å²) in [5.74, 6) is -1.59. The van der Waals surface area contributed by atoms with E-state index in [4.69, 9.17) is 5.41 Å². The van der Waals surface area contributed by atoms with Gasteiger partial charge in [-0.3, -0.25) is 9.78 Å². The number of rotatable bonds is 6. The van der Waals surface area contributed by atoms with Crippen molar-refractivity contribution in [1.29, 1.82) is 5.41 Å². The van der Waals surface area contributed by atoms with Crippen LogP contribution in [0.5, 0.6) is 0 Å². The van der Waals surface area contributed by atoms with Gasteiger partial charge in [-0.05, 0) is 43.7 Å². The molecule has 0 saturated heterocycles. The van der Waals surface area contributed by atoms with Crippen molar-refractivity contribution >= 4 is 29.3 Å². The van der Waals surface area contributed by atoms with Crippen molar-refractivity contribution in [3.8, 4) is 11.3 Å². The minimum Gasteiger partial charge on any atom is -0.377 e. The van der Waals surface area contributed by atoms with Crippen molar-refractivity contribution in [2.24, 2.45) is 5.92 Å². The Labute approximate surface area is 147 Å². The fourth-order valence-electron chi connectivity index (χ4n) is 2.54. The predicted octanol–water partition coefficient (Wildman–Crippen LogP) is 2.92. The third-order valence-electron chi connectivity index (χ3n) is 3.90. The number of carbonyl (C=O) groups excluding carboxylic acids is 2. The Morgan fingerprint density at radius 2 is 2.04 bits per heavy atom. The number of nitrogens with one attached hydrogen (secondary N) is 2. The molecule has 1 heterocycles. The smallest absolute Gasteiger partial charge is 0.240 e. The van der Waals surface area contributed by atoms with E-state index >= 15 is 0 Å². The molecule has 0 radical (unpaired) electrons. The second kappa shape index (κ2) is 7.70. The molecule has 6 nitrogen and oxygen atoms in total. The van der Waals surface area contributed by atoms with Gasteiger partial charge in [0.15, 0.2) is 0 Å². The summed E-state index contributed by atoms with van der Waals surface area (Å²) in [7, 11) is 3.88. The van der Waals surface area contributed by atoms with E-state index in [2.05, 4.69) is 10.3 Å². The molecule has 0 aliphatic rings. The molecule has 1 aromatic heterocycles. The van der Waals surface area contributed by atoms with Gasteiger partial charge in [-0.15, -0.1) is 0 Å². The Balaban J connectivity index is 2.45. The molecule has 1 atom stereocenters. The van der Waals surface area contributed by atoms with Gasteiger partial charge in [-0.1, -0.05) is 6.07 Å². The number of hydrogen-bond acceptors (Lipinski definition) is 5. The second-order valence-corrected chi connectivity index (χ2v) is 6.08. The minimum absolute atomic E-state index is 0.0122. The van der Waals surface area contributed by atoms with E-state index in [0.717, 1.165) is 22.5 Å². The number of benzene rings is 1. The first-order valence-electron chi connectivity index (χ1n) is 7.89. The lowest BCUT2D eigenvalue weighted by molar-refractivity contribution is -0.122. The van der Waals surface area contributed by atoms with Gasteiger partial charge in [-0.2, -0.15) is 0 Å². The Morgan fingerprint density at radius 3 is 2.60 bits per heavy atom. The van der Waals surface area contributed by atoms with Crippen LogP contribution in [0.4, 0.5) is 11.4 Å². The minimum atomic E-state index is -1.08. The number of aromatic nitrogens is 1. The fraction of sp³-hybridized carbons (Fsp3) is 0.263. The highest BCUT2D eigenvalue weighted by Crippen LogP contribution is 2.33. The zero-order valence-electron chi connectivity index (χ0n) is 14.8. The predicted molar refractivity (Wildman–Crippen MR) is 100 cm³/mol. The lowest BCUT2D eigenvalue weighted by Gasteiger charge is -2.20. The lowest BCUT2D eigenvalue weighted by atomic mass is 10.0. The molecule has 1 aromatic carbocycles. The zero-order valence-corrected chi connectivity index (χ0v) is 14.8. The summed E-state index contributed by atoms with van der Waals surface area (Å²) in [4.78, 5) is 29.7. The molecule has 0 aliphatic carbocycles. The summed E-state index contributed by atoms with van der Waals surface area (Å²) in [5.41, 5.74) is 4.28. The summed E-state index contributed by atoms with van der Waals surface area (Å²) in [6.45, 7) is 3.42. The van der Waals surface area contributed by atoms with E-state index in [1.165, 1.54) is 6.92 Å². The Morgan fingerprint density at radius 1 is 1.32 bits per heavy atom. The Hall–Kier alpha value is -3.02. The number of amides is 1. The highest BCUT2D eigenvalue weighted by Gasteiger charge is 2.20. The molecule has 0 saturated carbocycles. The normalized spacial score (nSPS) is 11.5. The van der Waals surface area contributed by atoms with Gasteiger partial charge < -0.3 is 20.4 Å². The quantitative estimate of drug-likeness (QED) is 0.482. The van der Waals surface area contributed by atoms with Gasteiger partial charge in [0.05, 0.1) is 5.69 Å². The van der Waals surface area contributed by atoms with Crippen LogP contribution < -0.4 is 10.2 Å². The monoisotopic (exact) mass is 338 g/mol. The van der Waals surface area contributed by atoms with Crippen LogP contribution in [0, 0.1) is 18.3 Å². The Kier molecular flexibility index (Phi) is 5.64. The van der Waals surface area contributed by atoms with Crippen LogP contribution in [0.1, 0.15) is 12.5 Å². The van der Waals surface area contributed by atoms with E-state index in [1.54, 1.807) is 12.3 Å². The standard InChI is InChI=1S/C19H22N4O2/c1-12-6-5-9-21-18(12)15-10-14(7-8-17(15)23(3)4)22-19(25)16(11-24)13(2)20/h5-11,16,20H,1-4H3,(H,22,25). The summed E-state index contributed by atoms with van der Waals surface area (Å²) in [6, 6.07) is 9.36. The molecule has 2 aromatic rings. The van der Waals surface area contributed by atoms with Gasteiger partial charge in [0.25, 0.3) is 0 Å². The molecule has 1 unspecified atom stereocenters. The summed E-state index contributed by atoms with van der Waals surface area (Å²) in [5, 5.41) is 10.2. The van der Waals surface area contributed by atoms with Crippen molar-refractivity contribution in [1.82, 2.24) is 4.98 Å². The van der Waals surface area contributed by atoms with Crippen LogP contribution in [0.15, 0.2) is 36.5 Å². The molecule has 25 heavy (non-hydrogen) atoms. The van der Waals surface area contributed by atoms with Crippen LogP contribution in [0.3, 0.4) is 0 Å². The summed E-state index contributed by atoms with van der Waals surface area (Å²) >= 11 is 0. The van der Waals surface area contributed by atoms with Crippen LogP contribution in [-0.4, -0.2) is 37.0 Å². The van der Waals surface area contributed by atoms with Crippen molar-refractivity contribution in [3.05, 3.63) is 42.1 Å². The van der Waals surface area contributed by atoms with Gasteiger partial charge >= 0.3 is 0 Å². The molecule has 2 rings (SSSR count). The number of aryl methyl sites for hydroxylation is 1. The first-order valence-corrected chi connectivity index (χ1v) is 7.89. The maximum Gasteiger partial charge on any atom is 0.240 e. The third kappa shape index (κ3) is 4.09. The lowest BCUT2D eigenvalue weighted by Crippen LogP contribution is -2.29. The molecule has 0 aliphatic heterocycles. The highest BCUT2D eigenvalue weighted by atomic mass is 16.2. The average Bonchev–Trinajstić information content (AvgIpc) is 2.55. The van der Waals surface area contributed by atoms with Gasteiger partial charge in [0.1, 0.15) is 12.2 Å². The van der Waals surface area contributed by atoms with Crippen molar-refractivity contribution in [3.63, 3.8) is 0 Å². The fourth-order valence-corrected chi connectivity index (χ4v) is 2.54. The summed E-state index contributed by atoms with van der Waals surface area (Å²) in [6.07, 6.45) is 2.21. The maximum absolute atomic E-state index is 12.2. The number of anilines is 2. The number of pyridine rings is 1. The number of carbonyl (C=O) groups is 2. The number of nitrogens with zero attached hydrogens (tertiary/aromatic N) is 2. The number of aldehydes is 1. The molecule has 0 fully saturated rings. The van der Waals surface area contributed by atoms with Crippen LogP contribution in [-0.2, 0) is 9.59 Å². The van der Waals surface area contributed by atoms with E-state index < -0.39 is 11.8 Å². The van der Waals surface area contributed by atoms with Crippen molar-refractivity contribution in [2.45, 2.75) is 13.8 Å². The number of hydrogen-bond donors (Lipinski definition) is 2. The van der Waals surface area contributed by atoms with Crippen LogP contribution in [0.25, 0.3) is 11.3 Å². The molecule has 0 bridgehead atoms. The zero-order chi connectivity index (χ0) is 18.6. The van der Waals surface area contributed by atoms with E-state index in [-0.39, 0.29) is 5.71 Å². The van der Waals surface area contributed by atoms with E-state index in [1.807, 2.05) is 50.2 Å². The second-order valence-electron chi connectivity index (χ2n) is 6.08. The summed E-state index contributed by atoms with van der Waals surface area (Å²) < 4.78 is 0. The molecular weight excluding hydrogens is 316 g/mol. The van der Waals surface area contributed by atoms with E-state index in [0.29, 0.717) is 12.0 Å².